The lowest BCUT2D eigenvalue weighted by Crippen LogP contribution is -2.49. The number of nitrogens with zero attached hydrogens (tertiary/aromatic N) is 4. The van der Waals surface area contributed by atoms with Crippen LogP contribution >= 0.6 is 0 Å². The molecule has 1 aromatic heterocycles. The van der Waals surface area contributed by atoms with Crippen LogP contribution in [0.5, 0.6) is 0 Å². The van der Waals surface area contributed by atoms with E-state index in [2.05, 4.69) is 15.4 Å². The first-order valence-corrected chi connectivity index (χ1v) is 8.03. The maximum Gasteiger partial charge on any atom is 0.326 e. The van der Waals surface area contributed by atoms with E-state index in [4.69, 9.17) is 0 Å². The molecule has 2 aromatic rings. The van der Waals surface area contributed by atoms with Crippen molar-refractivity contribution >= 4 is 17.8 Å². The molecule has 130 valence electrons. The van der Waals surface area contributed by atoms with Gasteiger partial charge in [-0.2, -0.15) is 4.98 Å². The van der Waals surface area contributed by atoms with Crippen LogP contribution in [0.4, 0.5) is 10.3 Å². The van der Waals surface area contributed by atoms with Crippen LogP contribution in [0.2, 0.25) is 0 Å². The summed E-state index contributed by atoms with van der Waals surface area (Å²) < 4.78 is 15.6. The van der Waals surface area contributed by atoms with Gasteiger partial charge in [-0.05, 0) is 23.6 Å². The smallest absolute Gasteiger partial charge is 0.326 e. The summed E-state index contributed by atoms with van der Waals surface area (Å²) >= 11 is 0. The number of carboxylic acids is 1. The molecule has 0 fully saturated rings. The lowest BCUT2D eigenvalue weighted by molar-refractivity contribution is -0.142. The minimum absolute atomic E-state index is 0.0141. The molecule has 1 unspecified atom stereocenters. The summed E-state index contributed by atoms with van der Waals surface area (Å²) in [5, 5.41) is 16.7. The van der Waals surface area contributed by atoms with Gasteiger partial charge in [-0.25, -0.2) is 13.9 Å². The fourth-order valence-electron chi connectivity index (χ4n) is 3.29. The third-order valence-electron chi connectivity index (χ3n) is 4.57. The van der Waals surface area contributed by atoms with Gasteiger partial charge in [0.1, 0.15) is 11.9 Å². The number of carboxylic acid groups (broad SMARTS) is 1. The molecule has 2 N–H and O–H groups in total. The molecule has 4 rings (SSSR count). The normalized spacial score (nSPS) is 18.9. The maximum atomic E-state index is 14.0. The molecule has 1 amide bonds. The Bertz CT molecular complexity index is 842. The molecule has 1 aromatic carbocycles. The summed E-state index contributed by atoms with van der Waals surface area (Å²) in [6, 6.07) is 3.40. The molecule has 0 aliphatic carbocycles. The van der Waals surface area contributed by atoms with Gasteiger partial charge in [0.15, 0.2) is 0 Å². The van der Waals surface area contributed by atoms with Crippen molar-refractivity contribution in [1.82, 2.24) is 19.7 Å². The fraction of sp³-hybridized carbons (Fsp3) is 0.375. The number of hydrogen-bond acceptors (Lipinski definition) is 5. The monoisotopic (exact) mass is 345 g/mol. The molecule has 0 saturated carbocycles. The topological polar surface area (TPSA) is 100 Å². The molecule has 0 bridgehead atoms. The summed E-state index contributed by atoms with van der Waals surface area (Å²) in [6.45, 7) is 1.42. The van der Waals surface area contributed by atoms with Crippen molar-refractivity contribution < 1.29 is 19.1 Å². The van der Waals surface area contributed by atoms with Crippen LogP contribution < -0.4 is 5.32 Å². The van der Waals surface area contributed by atoms with Crippen LogP contribution in [-0.4, -0.2) is 49.2 Å². The molecule has 9 heteroatoms. The minimum atomic E-state index is -1.18. The second-order valence-electron chi connectivity index (χ2n) is 6.13. The van der Waals surface area contributed by atoms with E-state index in [0.29, 0.717) is 23.6 Å². The molecule has 8 nitrogen and oxygen atoms in total. The number of benzene rings is 1. The highest BCUT2D eigenvalue weighted by atomic mass is 19.1. The zero-order valence-corrected chi connectivity index (χ0v) is 13.3. The van der Waals surface area contributed by atoms with Crippen molar-refractivity contribution in [2.45, 2.75) is 32.0 Å². The van der Waals surface area contributed by atoms with Crippen molar-refractivity contribution in [3.8, 4) is 0 Å². The average molecular weight is 345 g/mol. The number of halogens is 1. The van der Waals surface area contributed by atoms with Gasteiger partial charge >= 0.3 is 5.97 Å². The second kappa shape index (κ2) is 5.83. The van der Waals surface area contributed by atoms with Crippen LogP contribution in [0.3, 0.4) is 0 Å². The number of fused-ring (bicyclic) bond motifs is 2. The van der Waals surface area contributed by atoms with E-state index in [1.807, 2.05) is 0 Å². The van der Waals surface area contributed by atoms with E-state index in [9.17, 15) is 19.1 Å². The van der Waals surface area contributed by atoms with E-state index in [0.717, 1.165) is 13.0 Å². The molecular formula is C16H16FN5O3. The third-order valence-corrected chi connectivity index (χ3v) is 4.57. The van der Waals surface area contributed by atoms with Gasteiger partial charge in [0, 0.05) is 26.1 Å². The van der Waals surface area contributed by atoms with Crippen LogP contribution in [0.15, 0.2) is 18.2 Å². The Hall–Kier alpha value is -2.97. The predicted molar refractivity (Wildman–Crippen MR) is 84.5 cm³/mol. The number of amides is 1. The Kier molecular flexibility index (Phi) is 3.63. The largest absolute Gasteiger partial charge is 0.480 e. The van der Waals surface area contributed by atoms with E-state index in [1.165, 1.54) is 11.0 Å². The van der Waals surface area contributed by atoms with Crippen molar-refractivity contribution in [2.75, 3.05) is 11.9 Å². The Balaban J connectivity index is 1.68. The number of anilines is 1. The number of hydrogen-bond donors (Lipinski definition) is 2. The maximum absolute atomic E-state index is 14.0. The Morgan fingerprint density at radius 3 is 2.96 bits per heavy atom. The summed E-state index contributed by atoms with van der Waals surface area (Å²) in [4.78, 5) is 29.8. The summed E-state index contributed by atoms with van der Waals surface area (Å²) in [5.41, 5.74) is 0.950. The van der Waals surface area contributed by atoms with Crippen LogP contribution in [-0.2, 0) is 24.3 Å². The van der Waals surface area contributed by atoms with Crippen molar-refractivity contribution in [3.05, 3.63) is 41.0 Å². The van der Waals surface area contributed by atoms with Gasteiger partial charge < -0.3 is 15.3 Å². The van der Waals surface area contributed by atoms with Gasteiger partial charge in [0.2, 0.25) is 11.8 Å². The molecule has 0 saturated heterocycles. The number of aliphatic carboxylic acids is 1. The number of rotatable bonds is 2. The van der Waals surface area contributed by atoms with Gasteiger partial charge in [-0.15, -0.1) is 5.10 Å². The Morgan fingerprint density at radius 1 is 1.36 bits per heavy atom. The van der Waals surface area contributed by atoms with Gasteiger partial charge in [0.05, 0.1) is 0 Å². The number of aryl methyl sites for hydroxylation is 1. The van der Waals surface area contributed by atoms with Crippen LogP contribution in [0.25, 0.3) is 0 Å². The SMILES string of the molecule is O=C(O)C1Cc2c(F)cccc2CN1C(=O)c1nc2n(n1)CCCN2. The van der Waals surface area contributed by atoms with Crippen molar-refractivity contribution in [1.29, 1.82) is 0 Å². The Labute approximate surface area is 142 Å². The number of nitrogens with one attached hydrogen (secondary N) is 1. The van der Waals surface area contributed by atoms with Crippen molar-refractivity contribution in [2.24, 2.45) is 0 Å². The average Bonchev–Trinajstić information content (AvgIpc) is 3.04. The zero-order chi connectivity index (χ0) is 17.6. The molecule has 2 aliphatic rings. The van der Waals surface area contributed by atoms with E-state index in [-0.39, 0.29) is 18.8 Å². The highest BCUT2D eigenvalue weighted by Crippen LogP contribution is 2.27. The third kappa shape index (κ3) is 2.61. The van der Waals surface area contributed by atoms with Gasteiger partial charge in [-0.1, -0.05) is 12.1 Å². The van der Waals surface area contributed by atoms with E-state index < -0.39 is 23.7 Å². The van der Waals surface area contributed by atoms with Crippen LogP contribution in [0, 0.1) is 5.82 Å². The summed E-state index contributed by atoms with van der Waals surface area (Å²) in [5.74, 6) is -1.73. The standard InChI is InChI=1S/C16H16FN5O3/c17-11-4-1-3-9-8-21(12(15(24)25)7-10(9)11)14(23)13-19-16-18-5-2-6-22(16)20-13/h1,3-4,12H,2,5-8H2,(H,24,25)(H,18,19,20). The summed E-state index contributed by atoms with van der Waals surface area (Å²) in [6.07, 6.45) is 0.799. The molecule has 0 radical (unpaired) electrons. The molecule has 1 atom stereocenters. The molecule has 25 heavy (non-hydrogen) atoms. The highest BCUT2D eigenvalue weighted by molar-refractivity contribution is 5.94. The lowest BCUT2D eigenvalue weighted by Gasteiger charge is -2.33. The molecule has 3 heterocycles. The quantitative estimate of drug-likeness (QED) is 0.838. The zero-order valence-electron chi connectivity index (χ0n) is 13.3. The van der Waals surface area contributed by atoms with E-state index in [1.54, 1.807) is 16.8 Å². The Morgan fingerprint density at radius 2 is 2.20 bits per heavy atom. The first kappa shape index (κ1) is 15.6. The first-order chi connectivity index (χ1) is 12.0. The number of carbonyl (C=O) groups is 2. The predicted octanol–water partition coefficient (Wildman–Crippen LogP) is 0.884. The van der Waals surface area contributed by atoms with E-state index >= 15 is 0 Å². The fourth-order valence-corrected chi connectivity index (χ4v) is 3.29. The van der Waals surface area contributed by atoms with Gasteiger partial charge in [0.25, 0.3) is 5.91 Å². The summed E-state index contributed by atoms with van der Waals surface area (Å²) in [7, 11) is 0. The minimum Gasteiger partial charge on any atom is -0.480 e. The highest BCUT2D eigenvalue weighted by Gasteiger charge is 2.37. The van der Waals surface area contributed by atoms with Crippen LogP contribution in [0.1, 0.15) is 28.2 Å². The van der Waals surface area contributed by atoms with Crippen molar-refractivity contribution in [3.63, 3.8) is 0 Å². The molecular weight excluding hydrogens is 329 g/mol. The second-order valence-corrected chi connectivity index (χ2v) is 6.13. The van der Waals surface area contributed by atoms with Gasteiger partial charge in [-0.3, -0.25) is 4.79 Å². The lowest BCUT2D eigenvalue weighted by atomic mass is 9.93. The number of aromatic nitrogens is 3. The first-order valence-electron chi connectivity index (χ1n) is 8.03. The molecule has 2 aliphatic heterocycles. The molecule has 0 spiro atoms. The number of carbonyl (C=O) groups excluding carboxylic acids is 1.